The van der Waals surface area contributed by atoms with Gasteiger partial charge < -0.3 is 15.4 Å². The number of guanidine groups is 1. The molecule has 2 aliphatic rings. The van der Waals surface area contributed by atoms with Crippen LogP contribution in [0.2, 0.25) is 0 Å². The number of nitrogens with two attached hydrogens (primary N) is 1. The molecule has 0 aromatic heterocycles. The Morgan fingerprint density at radius 1 is 1.24 bits per heavy atom. The molecule has 1 aliphatic heterocycles. The first-order chi connectivity index (χ1) is 10.1. The monoisotopic (exact) mass is 287 g/mol. The Hall–Kier alpha value is -1.71. The molecule has 3 rings (SSSR count). The lowest BCUT2D eigenvalue weighted by Crippen LogP contribution is -2.55. The normalized spacial score (nSPS) is 32.3. The molecule has 114 valence electrons. The summed E-state index contributed by atoms with van der Waals surface area (Å²) in [5.41, 5.74) is 7.41. The summed E-state index contributed by atoms with van der Waals surface area (Å²) < 4.78 is 5.25. The van der Waals surface area contributed by atoms with Gasteiger partial charge in [-0.15, -0.1) is 0 Å². The van der Waals surface area contributed by atoms with E-state index < -0.39 is 0 Å². The van der Waals surface area contributed by atoms with Crippen LogP contribution in [0.4, 0.5) is 5.69 Å². The van der Waals surface area contributed by atoms with Crippen molar-refractivity contribution >= 4 is 11.6 Å². The van der Waals surface area contributed by atoms with Gasteiger partial charge in [0.05, 0.1) is 19.2 Å². The molecule has 4 heteroatoms. The van der Waals surface area contributed by atoms with Gasteiger partial charge in [-0.2, -0.15) is 0 Å². The highest BCUT2D eigenvalue weighted by atomic mass is 16.5. The maximum absolute atomic E-state index is 6.21. The molecule has 0 radical (unpaired) electrons. The number of methoxy groups -OCH3 is 1. The van der Waals surface area contributed by atoms with Gasteiger partial charge in [0.1, 0.15) is 5.75 Å². The fraction of sp³-hybridized carbons (Fsp3) is 0.588. The number of anilines is 1. The third-order valence-corrected chi connectivity index (χ3v) is 5.31. The Kier molecular flexibility index (Phi) is 3.56. The Balaban J connectivity index is 1.91. The lowest BCUT2D eigenvalue weighted by molar-refractivity contribution is 0.189. The molecule has 4 nitrogen and oxygen atoms in total. The summed E-state index contributed by atoms with van der Waals surface area (Å²) in [7, 11) is 1.69. The van der Waals surface area contributed by atoms with Gasteiger partial charge in [0.25, 0.3) is 0 Å². The predicted molar refractivity (Wildman–Crippen MR) is 86.9 cm³/mol. The van der Waals surface area contributed by atoms with E-state index in [1.165, 1.54) is 6.42 Å². The summed E-state index contributed by atoms with van der Waals surface area (Å²) >= 11 is 0. The Morgan fingerprint density at radius 2 is 1.95 bits per heavy atom. The maximum atomic E-state index is 6.21. The molecule has 0 saturated heterocycles. The van der Waals surface area contributed by atoms with E-state index in [1.807, 2.05) is 12.1 Å². The third-order valence-electron chi connectivity index (χ3n) is 5.31. The lowest BCUT2D eigenvalue weighted by Gasteiger charge is -2.46. The van der Waals surface area contributed by atoms with E-state index in [2.05, 4.69) is 35.9 Å². The summed E-state index contributed by atoms with van der Waals surface area (Å²) in [6.45, 7) is 5.53. The summed E-state index contributed by atoms with van der Waals surface area (Å²) in [6, 6.07) is 8.14. The number of benzene rings is 1. The fourth-order valence-corrected chi connectivity index (χ4v) is 3.78. The van der Waals surface area contributed by atoms with E-state index in [0.717, 1.165) is 36.7 Å². The molecule has 0 bridgehead atoms. The number of aliphatic imine (C=N–C) groups is 1. The Labute approximate surface area is 127 Å². The van der Waals surface area contributed by atoms with E-state index in [0.29, 0.717) is 11.9 Å². The van der Waals surface area contributed by atoms with E-state index >= 15 is 0 Å². The standard InChI is InChI=1S/C17H25N3O/c1-12-8-9-17(10-13(12)2)11-19-16(18)20(17)14-4-6-15(21-3)7-5-14/h4-7,12-13H,8-11H2,1-3H3,(H2,18,19). The van der Waals surface area contributed by atoms with Gasteiger partial charge in [-0.25, -0.2) is 0 Å². The first-order valence-corrected chi connectivity index (χ1v) is 7.80. The van der Waals surface area contributed by atoms with Crippen molar-refractivity contribution in [2.24, 2.45) is 22.6 Å². The van der Waals surface area contributed by atoms with Gasteiger partial charge in [0.15, 0.2) is 5.96 Å². The maximum Gasteiger partial charge on any atom is 0.196 e. The van der Waals surface area contributed by atoms with Crippen molar-refractivity contribution in [3.05, 3.63) is 24.3 Å². The largest absolute Gasteiger partial charge is 0.497 e. The summed E-state index contributed by atoms with van der Waals surface area (Å²) in [6.07, 6.45) is 3.57. The molecule has 1 aliphatic carbocycles. The van der Waals surface area contributed by atoms with Crippen LogP contribution < -0.4 is 15.4 Å². The van der Waals surface area contributed by atoms with Gasteiger partial charge in [-0.3, -0.25) is 4.99 Å². The van der Waals surface area contributed by atoms with Crippen LogP contribution in [0.3, 0.4) is 0 Å². The molecule has 1 spiro atoms. The predicted octanol–water partition coefficient (Wildman–Crippen LogP) is 3.02. The molecular formula is C17H25N3O. The zero-order valence-corrected chi connectivity index (χ0v) is 13.2. The average Bonchev–Trinajstić information content (AvgIpc) is 2.80. The zero-order chi connectivity index (χ0) is 15.0. The van der Waals surface area contributed by atoms with E-state index in [4.69, 9.17) is 10.5 Å². The highest BCUT2D eigenvalue weighted by Crippen LogP contribution is 2.44. The van der Waals surface area contributed by atoms with Gasteiger partial charge in [-0.1, -0.05) is 13.8 Å². The molecule has 2 N–H and O–H groups in total. The molecule has 3 unspecified atom stereocenters. The number of hydrogen-bond acceptors (Lipinski definition) is 4. The second-order valence-electron chi connectivity index (χ2n) is 6.63. The first-order valence-electron chi connectivity index (χ1n) is 7.80. The van der Waals surface area contributed by atoms with Crippen LogP contribution in [0.5, 0.6) is 5.75 Å². The second kappa shape index (κ2) is 5.24. The minimum Gasteiger partial charge on any atom is -0.497 e. The van der Waals surface area contributed by atoms with Gasteiger partial charge in [-0.05, 0) is 55.4 Å². The van der Waals surface area contributed by atoms with E-state index in [1.54, 1.807) is 7.11 Å². The van der Waals surface area contributed by atoms with Crippen LogP contribution in [-0.4, -0.2) is 25.2 Å². The van der Waals surface area contributed by atoms with Crippen molar-refractivity contribution < 1.29 is 4.74 Å². The van der Waals surface area contributed by atoms with E-state index in [-0.39, 0.29) is 5.54 Å². The number of rotatable bonds is 2. The molecule has 1 saturated carbocycles. The molecule has 1 aromatic rings. The van der Waals surface area contributed by atoms with Crippen LogP contribution in [0.1, 0.15) is 33.1 Å². The highest BCUT2D eigenvalue weighted by Gasteiger charge is 2.46. The highest BCUT2D eigenvalue weighted by molar-refractivity contribution is 5.98. The van der Waals surface area contributed by atoms with Crippen LogP contribution in [0.25, 0.3) is 0 Å². The SMILES string of the molecule is COc1ccc(N2C(N)=NCC23CCC(C)C(C)C3)cc1. The number of hydrogen-bond donors (Lipinski definition) is 1. The van der Waals surface area contributed by atoms with Crippen molar-refractivity contribution in [2.45, 2.75) is 38.6 Å². The minimum absolute atomic E-state index is 0.0740. The number of nitrogens with zero attached hydrogens (tertiary/aromatic N) is 2. The number of ether oxygens (including phenoxy) is 1. The average molecular weight is 287 g/mol. The molecule has 1 aromatic carbocycles. The molecule has 1 heterocycles. The van der Waals surface area contributed by atoms with Crippen LogP contribution in [0, 0.1) is 11.8 Å². The Bertz CT molecular complexity index is 539. The molecule has 21 heavy (non-hydrogen) atoms. The van der Waals surface area contributed by atoms with Gasteiger partial charge in [0.2, 0.25) is 0 Å². The topological polar surface area (TPSA) is 50.9 Å². The van der Waals surface area contributed by atoms with Crippen molar-refractivity contribution in [1.82, 2.24) is 0 Å². The quantitative estimate of drug-likeness (QED) is 0.909. The van der Waals surface area contributed by atoms with Crippen molar-refractivity contribution in [2.75, 3.05) is 18.6 Å². The second-order valence-corrected chi connectivity index (χ2v) is 6.63. The van der Waals surface area contributed by atoms with E-state index in [9.17, 15) is 0 Å². The smallest absolute Gasteiger partial charge is 0.196 e. The molecule has 3 atom stereocenters. The minimum atomic E-state index is 0.0740. The van der Waals surface area contributed by atoms with Crippen molar-refractivity contribution in [1.29, 1.82) is 0 Å². The van der Waals surface area contributed by atoms with Crippen molar-refractivity contribution in [3.63, 3.8) is 0 Å². The molecule has 0 amide bonds. The van der Waals surface area contributed by atoms with Gasteiger partial charge in [0, 0.05) is 5.69 Å². The Morgan fingerprint density at radius 3 is 2.57 bits per heavy atom. The molecular weight excluding hydrogens is 262 g/mol. The first kappa shape index (κ1) is 14.2. The van der Waals surface area contributed by atoms with Crippen LogP contribution in [0.15, 0.2) is 29.3 Å². The lowest BCUT2D eigenvalue weighted by atomic mass is 9.70. The van der Waals surface area contributed by atoms with Crippen LogP contribution in [-0.2, 0) is 0 Å². The summed E-state index contributed by atoms with van der Waals surface area (Å²) in [5, 5.41) is 0. The third kappa shape index (κ3) is 2.37. The molecule has 1 fully saturated rings. The summed E-state index contributed by atoms with van der Waals surface area (Å²) in [5.74, 6) is 3.02. The van der Waals surface area contributed by atoms with Crippen LogP contribution >= 0.6 is 0 Å². The van der Waals surface area contributed by atoms with Crippen molar-refractivity contribution in [3.8, 4) is 5.75 Å². The summed E-state index contributed by atoms with van der Waals surface area (Å²) in [4.78, 5) is 6.82. The fourth-order valence-electron chi connectivity index (χ4n) is 3.78. The van der Waals surface area contributed by atoms with Gasteiger partial charge >= 0.3 is 0 Å². The zero-order valence-electron chi connectivity index (χ0n) is 13.2.